The van der Waals surface area contributed by atoms with Gasteiger partial charge in [0.25, 0.3) is 0 Å². The first-order chi connectivity index (χ1) is 6.56. The fourth-order valence-electron chi connectivity index (χ4n) is 1.11. The van der Waals surface area contributed by atoms with E-state index in [4.69, 9.17) is 11.0 Å². The van der Waals surface area contributed by atoms with Gasteiger partial charge in [-0.15, -0.1) is 0 Å². The lowest BCUT2D eigenvalue weighted by Gasteiger charge is -2.15. The minimum atomic E-state index is -0.730. The van der Waals surface area contributed by atoms with Crippen LogP contribution < -0.4 is 5.73 Å². The van der Waals surface area contributed by atoms with E-state index in [9.17, 15) is 9.50 Å². The van der Waals surface area contributed by atoms with Gasteiger partial charge in [0.2, 0.25) is 0 Å². The molecule has 1 aromatic rings. The minimum Gasteiger partial charge on any atom is -0.391 e. The van der Waals surface area contributed by atoms with Crippen LogP contribution in [0.1, 0.15) is 24.1 Å². The lowest BCUT2D eigenvalue weighted by atomic mass is 10.0. The number of rotatable bonds is 2. The van der Waals surface area contributed by atoms with Gasteiger partial charge < -0.3 is 10.8 Å². The molecule has 0 unspecified atom stereocenters. The van der Waals surface area contributed by atoms with Gasteiger partial charge in [-0.05, 0) is 24.6 Å². The molecule has 0 heterocycles. The van der Waals surface area contributed by atoms with Crippen molar-refractivity contribution in [3.63, 3.8) is 0 Å². The van der Waals surface area contributed by atoms with Gasteiger partial charge in [0.05, 0.1) is 17.7 Å². The molecule has 2 atom stereocenters. The predicted octanol–water partition coefficient (Wildman–Crippen LogP) is 1.08. The summed E-state index contributed by atoms with van der Waals surface area (Å²) in [6.45, 7) is 1.54. The standard InChI is InChI=1S/C10H11FN2O/c1-6(14)10(13)7-2-3-9(11)8(4-7)5-12/h2-4,6,10,14H,13H2,1H3/t6-,10-/m1/s1. The molecule has 0 bridgehead atoms. The minimum absolute atomic E-state index is 0.0569. The highest BCUT2D eigenvalue weighted by molar-refractivity contribution is 5.35. The summed E-state index contributed by atoms with van der Waals surface area (Å²) in [6, 6.07) is 5.12. The third-order valence-electron chi connectivity index (χ3n) is 2.02. The van der Waals surface area contributed by atoms with Crippen LogP contribution in [0, 0.1) is 17.1 Å². The van der Waals surface area contributed by atoms with E-state index in [0.29, 0.717) is 5.56 Å². The lowest BCUT2D eigenvalue weighted by Crippen LogP contribution is -2.23. The van der Waals surface area contributed by atoms with Crippen molar-refractivity contribution in [3.8, 4) is 6.07 Å². The largest absolute Gasteiger partial charge is 0.391 e. The predicted molar refractivity (Wildman–Crippen MR) is 49.7 cm³/mol. The van der Waals surface area contributed by atoms with Crippen LogP contribution in [0.25, 0.3) is 0 Å². The molecule has 0 fully saturated rings. The number of hydrogen-bond acceptors (Lipinski definition) is 3. The van der Waals surface area contributed by atoms with E-state index in [0.717, 1.165) is 0 Å². The van der Waals surface area contributed by atoms with Crippen LogP contribution in [-0.2, 0) is 0 Å². The summed E-state index contributed by atoms with van der Waals surface area (Å²) >= 11 is 0. The van der Waals surface area contributed by atoms with E-state index >= 15 is 0 Å². The van der Waals surface area contributed by atoms with Crippen LogP contribution in [-0.4, -0.2) is 11.2 Å². The van der Waals surface area contributed by atoms with Crippen molar-refractivity contribution in [2.45, 2.75) is 19.1 Å². The Hall–Kier alpha value is -1.44. The van der Waals surface area contributed by atoms with E-state index in [1.165, 1.54) is 18.2 Å². The maximum Gasteiger partial charge on any atom is 0.140 e. The SMILES string of the molecule is C[C@@H](O)[C@@H](N)c1ccc(F)c(C#N)c1. The fourth-order valence-corrected chi connectivity index (χ4v) is 1.11. The Bertz CT molecular complexity index is 371. The zero-order valence-corrected chi connectivity index (χ0v) is 7.74. The maximum atomic E-state index is 12.9. The number of benzene rings is 1. The van der Waals surface area contributed by atoms with Crippen molar-refractivity contribution >= 4 is 0 Å². The van der Waals surface area contributed by atoms with Gasteiger partial charge in [-0.3, -0.25) is 0 Å². The highest BCUT2D eigenvalue weighted by atomic mass is 19.1. The molecule has 0 saturated carbocycles. The highest BCUT2D eigenvalue weighted by Gasteiger charge is 2.13. The molecule has 4 heteroatoms. The molecular weight excluding hydrogens is 183 g/mol. The molecule has 3 N–H and O–H groups in total. The fraction of sp³-hybridized carbons (Fsp3) is 0.300. The van der Waals surface area contributed by atoms with Gasteiger partial charge in [0, 0.05) is 0 Å². The van der Waals surface area contributed by atoms with Gasteiger partial charge in [0.15, 0.2) is 0 Å². The van der Waals surface area contributed by atoms with E-state index < -0.39 is 18.0 Å². The van der Waals surface area contributed by atoms with Gasteiger partial charge in [-0.25, -0.2) is 4.39 Å². The van der Waals surface area contributed by atoms with Crippen LogP contribution in [0.5, 0.6) is 0 Å². The van der Waals surface area contributed by atoms with E-state index in [1.807, 2.05) is 0 Å². The monoisotopic (exact) mass is 194 g/mol. The van der Waals surface area contributed by atoms with E-state index in [-0.39, 0.29) is 5.56 Å². The third-order valence-corrected chi connectivity index (χ3v) is 2.02. The molecule has 14 heavy (non-hydrogen) atoms. The average molecular weight is 194 g/mol. The topological polar surface area (TPSA) is 70.0 Å². The van der Waals surface area contributed by atoms with Gasteiger partial charge in [-0.2, -0.15) is 5.26 Å². The summed E-state index contributed by atoms with van der Waals surface area (Å²) in [4.78, 5) is 0. The Morgan fingerprint density at radius 1 is 1.57 bits per heavy atom. The molecule has 74 valence electrons. The van der Waals surface area contributed by atoms with Crippen molar-refractivity contribution in [1.82, 2.24) is 0 Å². The smallest absolute Gasteiger partial charge is 0.140 e. The number of nitrogens with zero attached hydrogens (tertiary/aromatic N) is 1. The van der Waals surface area contributed by atoms with Crippen LogP contribution in [0.2, 0.25) is 0 Å². The first kappa shape index (κ1) is 10.6. The molecule has 0 amide bonds. The molecule has 0 spiro atoms. The lowest BCUT2D eigenvalue weighted by molar-refractivity contribution is 0.164. The van der Waals surface area contributed by atoms with E-state index in [1.54, 1.807) is 13.0 Å². The molecule has 0 saturated heterocycles. The zero-order chi connectivity index (χ0) is 10.7. The Morgan fingerprint density at radius 2 is 2.21 bits per heavy atom. The van der Waals surface area contributed by atoms with Gasteiger partial charge in [0.1, 0.15) is 11.9 Å². The van der Waals surface area contributed by atoms with E-state index in [2.05, 4.69) is 0 Å². The van der Waals surface area contributed by atoms with Gasteiger partial charge in [-0.1, -0.05) is 6.07 Å². The summed E-state index contributed by atoms with van der Waals surface area (Å²) in [6.07, 6.45) is -0.730. The third kappa shape index (κ3) is 2.08. The Balaban J connectivity index is 3.08. The van der Waals surface area contributed by atoms with Crippen LogP contribution in [0.4, 0.5) is 4.39 Å². The number of nitrogens with two attached hydrogens (primary N) is 1. The van der Waals surface area contributed by atoms with Crippen molar-refractivity contribution in [1.29, 1.82) is 5.26 Å². The number of nitriles is 1. The molecule has 0 aliphatic carbocycles. The Labute approximate surface area is 81.6 Å². The Kier molecular flexibility index (Phi) is 3.18. The summed E-state index contributed by atoms with van der Waals surface area (Å²) < 4.78 is 12.9. The highest BCUT2D eigenvalue weighted by Crippen LogP contribution is 2.17. The molecule has 0 aromatic heterocycles. The number of halogens is 1. The number of aliphatic hydroxyl groups is 1. The molecular formula is C10H11FN2O. The van der Waals surface area contributed by atoms with Crippen molar-refractivity contribution in [3.05, 3.63) is 35.1 Å². The zero-order valence-electron chi connectivity index (χ0n) is 7.74. The number of hydrogen-bond donors (Lipinski definition) is 2. The first-order valence-corrected chi connectivity index (χ1v) is 4.19. The molecule has 0 radical (unpaired) electrons. The van der Waals surface area contributed by atoms with Crippen molar-refractivity contribution < 1.29 is 9.50 Å². The quantitative estimate of drug-likeness (QED) is 0.740. The molecule has 3 nitrogen and oxygen atoms in total. The molecule has 1 aromatic carbocycles. The van der Waals surface area contributed by atoms with Crippen LogP contribution in [0.3, 0.4) is 0 Å². The first-order valence-electron chi connectivity index (χ1n) is 4.19. The average Bonchev–Trinajstić information content (AvgIpc) is 2.17. The Morgan fingerprint density at radius 3 is 2.71 bits per heavy atom. The van der Waals surface area contributed by atoms with Crippen LogP contribution in [0.15, 0.2) is 18.2 Å². The molecule has 0 aliphatic rings. The summed E-state index contributed by atoms with van der Waals surface area (Å²) in [5.41, 5.74) is 6.13. The van der Waals surface area contributed by atoms with Crippen LogP contribution >= 0.6 is 0 Å². The summed E-state index contributed by atoms with van der Waals surface area (Å²) in [5.74, 6) is -0.575. The second-order valence-electron chi connectivity index (χ2n) is 3.12. The second kappa shape index (κ2) is 4.18. The molecule has 1 rings (SSSR count). The molecule has 0 aliphatic heterocycles. The van der Waals surface area contributed by atoms with Gasteiger partial charge >= 0.3 is 0 Å². The normalized spacial score (nSPS) is 14.5. The summed E-state index contributed by atoms with van der Waals surface area (Å²) in [5, 5.41) is 17.8. The second-order valence-corrected chi connectivity index (χ2v) is 3.12. The van der Waals surface area contributed by atoms with Crippen molar-refractivity contribution in [2.24, 2.45) is 5.73 Å². The number of aliphatic hydroxyl groups excluding tert-OH is 1. The summed E-state index contributed by atoms with van der Waals surface area (Å²) in [7, 11) is 0. The maximum absolute atomic E-state index is 12.9. The van der Waals surface area contributed by atoms with Crippen molar-refractivity contribution in [2.75, 3.05) is 0 Å².